The molecule has 2 N–H and O–H groups in total. The Morgan fingerprint density at radius 1 is 1.03 bits per heavy atom. The first kappa shape index (κ1) is 22.5. The molecule has 4 heterocycles. The minimum absolute atomic E-state index is 0.0236. The maximum atomic E-state index is 13.0. The highest BCUT2D eigenvalue weighted by atomic mass is 32.2. The van der Waals surface area contributed by atoms with Crippen molar-refractivity contribution in [1.82, 2.24) is 29.9 Å². The highest BCUT2D eigenvalue weighted by molar-refractivity contribution is 7.91. The van der Waals surface area contributed by atoms with Crippen LogP contribution in [0, 0.1) is 0 Å². The summed E-state index contributed by atoms with van der Waals surface area (Å²) in [5.74, 6) is -0.357. The molecule has 0 aliphatic heterocycles. The van der Waals surface area contributed by atoms with Gasteiger partial charge in [-0.05, 0) is 35.9 Å². The number of amides is 1. The van der Waals surface area contributed by atoms with Crippen molar-refractivity contribution in [3.05, 3.63) is 84.1 Å². The fraction of sp³-hybridized carbons (Fsp3) is 0.0909. The number of rotatable bonds is 5. The van der Waals surface area contributed by atoms with Gasteiger partial charge in [0.25, 0.3) is 5.91 Å². The number of nitrogens with one attached hydrogen (secondary N) is 2. The second-order valence-electron chi connectivity index (χ2n) is 7.62. The monoisotopic (exact) mass is 500 g/mol. The molecule has 0 spiro atoms. The van der Waals surface area contributed by atoms with E-state index in [1.54, 1.807) is 24.4 Å². The van der Waals surface area contributed by atoms with Gasteiger partial charge in [-0.15, -0.1) is 0 Å². The number of H-pyrrole nitrogens is 1. The quantitative estimate of drug-likeness (QED) is 0.382. The zero-order valence-corrected chi connectivity index (χ0v) is 18.4. The number of hydrogen-bond donors (Lipinski definition) is 2. The second kappa shape index (κ2) is 8.20. The molecule has 0 fully saturated rings. The Balaban J connectivity index is 1.31. The van der Waals surface area contributed by atoms with Gasteiger partial charge >= 0.3 is 6.18 Å². The van der Waals surface area contributed by atoms with E-state index in [0.717, 1.165) is 16.8 Å². The Hall–Kier alpha value is -4.26. The van der Waals surface area contributed by atoms with Crippen molar-refractivity contribution in [3.63, 3.8) is 0 Å². The smallest absolute Gasteiger partial charge is 0.348 e. The van der Waals surface area contributed by atoms with E-state index in [2.05, 4.69) is 25.5 Å². The first-order valence-corrected chi connectivity index (χ1v) is 11.6. The summed E-state index contributed by atoms with van der Waals surface area (Å²) in [6.45, 7) is 0.143. The number of alkyl halides is 3. The number of nitrogens with zero attached hydrogens (tertiary/aromatic N) is 4. The number of hydrogen-bond acceptors (Lipinski definition) is 6. The van der Waals surface area contributed by atoms with Crippen LogP contribution in [0.3, 0.4) is 0 Å². The third-order valence-electron chi connectivity index (χ3n) is 5.26. The number of carbonyl (C=O) groups is 1. The van der Waals surface area contributed by atoms with E-state index in [-0.39, 0.29) is 27.9 Å². The molecule has 5 aromatic rings. The molecule has 5 rings (SSSR count). The van der Waals surface area contributed by atoms with Gasteiger partial charge in [0.05, 0.1) is 21.6 Å². The Kier molecular flexibility index (Phi) is 5.28. The molecule has 9 nitrogen and oxygen atoms in total. The van der Waals surface area contributed by atoms with Gasteiger partial charge in [0, 0.05) is 30.5 Å². The van der Waals surface area contributed by atoms with Crippen molar-refractivity contribution in [1.29, 1.82) is 0 Å². The van der Waals surface area contributed by atoms with Gasteiger partial charge in [-0.3, -0.25) is 9.89 Å². The van der Waals surface area contributed by atoms with Gasteiger partial charge in [0.1, 0.15) is 5.65 Å². The lowest BCUT2D eigenvalue weighted by molar-refractivity contribution is -0.140. The topological polar surface area (TPSA) is 122 Å². The minimum atomic E-state index is -4.64. The highest BCUT2D eigenvalue weighted by Crippen LogP contribution is 2.29. The number of imidazole rings is 1. The van der Waals surface area contributed by atoms with Crippen LogP contribution in [0.5, 0.6) is 0 Å². The Labute approximate surface area is 195 Å². The predicted octanol–water partition coefficient (Wildman–Crippen LogP) is 3.39. The largest absolute Gasteiger partial charge is 0.434 e. The molecule has 0 atom stereocenters. The second-order valence-corrected chi connectivity index (χ2v) is 9.57. The number of fused-ring (bicyclic) bond motifs is 2. The molecule has 0 aliphatic rings. The average Bonchev–Trinajstić information content (AvgIpc) is 3.48. The van der Waals surface area contributed by atoms with Crippen molar-refractivity contribution < 1.29 is 26.4 Å². The summed E-state index contributed by atoms with van der Waals surface area (Å²) in [4.78, 5) is 19.8. The van der Waals surface area contributed by atoms with E-state index in [0.29, 0.717) is 22.2 Å². The summed E-state index contributed by atoms with van der Waals surface area (Å²) in [6.07, 6.45) is 0.156. The SMILES string of the molecule is O=C(NCc1ccc(S(=O)(=O)c2ccc3nc(C(F)(F)F)cn3c2)cc1)c1cnc2[nH]ncc2c1. The van der Waals surface area contributed by atoms with Crippen molar-refractivity contribution >= 4 is 32.4 Å². The Morgan fingerprint density at radius 2 is 1.77 bits per heavy atom. The Bertz CT molecular complexity index is 1670. The molecule has 0 aliphatic carbocycles. The van der Waals surface area contributed by atoms with Gasteiger partial charge in [-0.2, -0.15) is 18.3 Å². The van der Waals surface area contributed by atoms with Gasteiger partial charge < -0.3 is 9.72 Å². The number of sulfone groups is 1. The zero-order valence-electron chi connectivity index (χ0n) is 17.6. The molecule has 1 amide bonds. The van der Waals surface area contributed by atoms with Crippen LogP contribution < -0.4 is 5.32 Å². The van der Waals surface area contributed by atoms with Crippen LogP contribution in [0.1, 0.15) is 21.6 Å². The van der Waals surface area contributed by atoms with Gasteiger partial charge in [0.2, 0.25) is 9.84 Å². The number of aromatic nitrogens is 5. The van der Waals surface area contributed by atoms with E-state index in [1.165, 1.54) is 30.5 Å². The van der Waals surface area contributed by atoms with E-state index in [1.807, 2.05) is 0 Å². The van der Waals surface area contributed by atoms with E-state index in [9.17, 15) is 26.4 Å². The lowest BCUT2D eigenvalue weighted by Gasteiger charge is -2.08. The molecule has 0 saturated carbocycles. The van der Waals surface area contributed by atoms with Crippen molar-refractivity contribution in [3.8, 4) is 0 Å². The number of carbonyl (C=O) groups excluding carboxylic acids is 1. The van der Waals surface area contributed by atoms with Crippen LogP contribution in [0.2, 0.25) is 0 Å². The summed E-state index contributed by atoms with van der Waals surface area (Å²) in [6, 6.07) is 9.89. The van der Waals surface area contributed by atoms with Crippen LogP contribution in [-0.4, -0.2) is 38.9 Å². The molecule has 0 saturated heterocycles. The fourth-order valence-corrected chi connectivity index (χ4v) is 4.70. The molecule has 0 bridgehead atoms. The number of aromatic amines is 1. The summed E-state index contributed by atoms with van der Waals surface area (Å²) in [5, 5.41) is 9.98. The van der Waals surface area contributed by atoms with E-state index in [4.69, 9.17) is 0 Å². The molecule has 0 unspecified atom stereocenters. The molecule has 178 valence electrons. The van der Waals surface area contributed by atoms with Gasteiger partial charge in [-0.25, -0.2) is 18.4 Å². The Morgan fingerprint density at radius 3 is 2.51 bits per heavy atom. The third-order valence-corrected chi connectivity index (χ3v) is 7.02. The summed E-state index contributed by atoms with van der Waals surface area (Å²) in [5.41, 5.74) is 0.422. The maximum absolute atomic E-state index is 13.0. The zero-order chi connectivity index (χ0) is 24.8. The predicted molar refractivity (Wildman–Crippen MR) is 117 cm³/mol. The lowest BCUT2D eigenvalue weighted by Crippen LogP contribution is -2.22. The van der Waals surface area contributed by atoms with Gasteiger partial charge in [0.15, 0.2) is 11.3 Å². The third kappa shape index (κ3) is 4.33. The summed E-state index contributed by atoms with van der Waals surface area (Å²) in [7, 11) is -4.00. The van der Waals surface area contributed by atoms with Gasteiger partial charge in [-0.1, -0.05) is 12.1 Å². The molecular weight excluding hydrogens is 485 g/mol. The number of halogens is 3. The lowest BCUT2D eigenvalue weighted by atomic mass is 10.2. The average molecular weight is 500 g/mol. The van der Waals surface area contributed by atoms with Crippen LogP contribution >= 0.6 is 0 Å². The van der Waals surface area contributed by atoms with Crippen LogP contribution in [-0.2, 0) is 22.6 Å². The first-order valence-electron chi connectivity index (χ1n) is 10.1. The highest BCUT2D eigenvalue weighted by Gasteiger charge is 2.34. The summed E-state index contributed by atoms with van der Waals surface area (Å²) >= 11 is 0. The maximum Gasteiger partial charge on any atom is 0.434 e. The van der Waals surface area contributed by atoms with Crippen LogP contribution in [0.15, 0.2) is 77.0 Å². The van der Waals surface area contributed by atoms with Crippen LogP contribution in [0.25, 0.3) is 16.7 Å². The number of pyridine rings is 2. The molecule has 13 heteroatoms. The molecule has 0 radical (unpaired) electrons. The van der Waals surface area contributed by atoms with Crippen LogP contribution in [0.4, 0.5) is 13.2 Å². The molecular formula is C22H15F3N6O3S. The molecule has 4 aromatic heterocycles. The van der Waals surface area contributed by atoms with Crippen molar-refractivity contribution in [2.75, 3.05) is 0 Å². The fourth-order valence-electron chi connectivity index (χ4n) is 3.43. The molecule has 1 aromatic carbocycles. The van der Waals surface area contributed by atoms with Crippen molar-refractivity contribution in [2.45, 2.75) is 22.5 Å². The van der Waals surface area contributed by atoms with E-state index < -0.39 is 21.7 Å². The van der Waals surface area contributed by atoms with E-state index >= 15 is 0 Å². The minimum Gasteiger partial charge on any atom is -0.348 e. The molecule has 35 heavy (non-hydrogen) atoms. The first-order chi connectivity index (χ1) is 16.6. The normalized spacial score (nSPS) is 12.3. The van der Waals surface area contributed by atoms with Crippen molar-refractivity contribution in [2.24, 2.45) is 0 Å². The standard InChI is InChI=1S/C22H15F3N6O3S/c23-22(24,25)18-12-31-11-17(5-6-19(31)29-18)35(33,34)16-3-1-13(2-4-16)8-27-21(32)15-7-14-10-28-30-20(14)26-9-15/h1-7,9-12H,8H2,(H,27,32)(H,26,28,30). The number of benzene rings is 1. The summed E-state index contributed by atoms with van der Waals surface area (Å²) < 4.78 is 65.7.